The van der Waals surface area contributed by atoms with Gasteiger partial charge in [0, 0.05) is 18.0 Å². The fourth-order valence-corrected chi connectivity index (χ4v) is 4.10. The van der Waals surface area contributed by atoms with Crippen LogP contribution in [0.25, 0.3) is 17.1 Å². The van der Waals surface area contributed by atoms with E-state index >= 15 is 0 Å². The number of nitrogens with zero attached hydrogens (tertiary/aromatic N) is 5. The van der Waals surface area contributed by atoms with Crippen molar-refractivity contribution in [1.29, 1.82) is 5.26 Å². The highest BCUT2D eigenvalue weighted by molar-refractivity contribution is 8.00. The first-order chi connectivity index (χ1) is 14.3. The molecule has 4 rings (SSSR count). The number of hydrogen-bond donors (Lipinski definition) is 0. The fraction of sp³-hybridized carbons (Fsp3) is 0.130. The van der Waals surface area contributed by atoms with Gasteiger partial charge in [0.2, 0.25) is 0 Å². The molecule has 0 spiro atoms. The maximum atomic E-state index is 9.75. The van der Waals surface area contributed by atoms with Crippen molar-refractivity contribution in [2.45, 2.75) is 23.8 Å². The van der Waals surface area contributed by atoms with Gasteiger partial charge in [-0.3, -0.25) is 9.55 Å². The predicted molar refractivity (Wildman–Crippen MR) is 115 cm³/mol. The number of aromatic nitrogens is 4. The van der Waals surface area contributed by atoms with E-state index in [1.54, 1.807) is 12.4 Å². The lowest BCUT2D eigenvalue weighted by Crippen LogP contribution is -2.08. The third-order valence-electron chi connectivity index (χ3n) is 4.58. The van der Waals surface area contributed by atoms with Gasteiger partial charge in [-0.15, -0.1) is 10.2 Å². The van der Waals surface area contributed by atoms with E-state index in [1.807, 2.05) is 65.2 Å². The van der Waals surface area contributed by atoms with Gasteiger partial charge < -0.3 is 0 Å². The summed E-state index contributed by atoms with van der Waals surface area (Å²) in [5, 5.41) is 19.1. The van der Waals surface area contributed by atoms with Gasteiger partial charge in [-0.1, -0.05) is 60.3 Å². The van der Waals surface area contributed by atoms with Crippen LogP contribution in [-0.4, -0.2) is 25.0 Å². The third-order valence-corrected chi connectivity index (χ3v) is 5.62. The van der Waals surface area contributed by atoms with E-state index in [1.165, 1.54) is 11.8 Å². The lowest BCUT2D eigenvalue weighted by molar-refractivity contribution is 0.872. The average molecular weight is 398 g/mol. The van der Waals surface area contributed by atoms with Crippen molar-refractivity contribution < 1.29 is 0 Å². The first kappa shape index (κ1) is 18.9. The SMILES string of the molecule is Cc1ccccc1-n1c(SC(C#N)Cc2ccccc2)nnc1-c1ccncc1. The molecule has 0 radical (unpaired) electrons. The van der Waals surface area contributed by atoms with Crippen molar-refractivity contribution in [3.8, 4) is 23.1 Å². The zero-order chi connectivity index (χ0) is 20.1. The number of aryl methyl sites for hydroxylation is 1. The molecule has 6 heteroatoms. The molecule has 0 N–H and O–H groups in total. The number of thioether (sulfide) groups is 1. The van der Waals surface area contributed by atoms with Crippen LogP contribution in [0.15, 0.2) is 84.3 Å². The lowest BCUT2D eigenvalue weighted by atomic mass is 10.1. The number of para-hydroxylation sites is 1. The van der Waals surface area contributed by atoms with Crippen molar-refractivity contribution in [2.24, 2.45) is 0 Å². The minimum Gasteiger partial charge on any atom is -0.270 e. The summed E-state index contributed by atoms with van der Waals surface area (Å²) in [6.07, 6.45) is 4.13. The van der Waals surface area contributed by atoms with E-state index in [9.17, 15) is 5.26 Å². The van der Waals surface area contributed by atoms with Crippen molar-refractivity contribution in [3.05, 3.63) is 90.3 Å². The molecule has 1 unspecified atom stereocenters. The van der Waals surface area contributed by atoms with E-state index in [-0.39, 0.29) is 5.25 Å². The first-order valence-corrected chi connectivity index (χ1v) is 10.2. The van der Waals surface area contributed by atoms with Crippen molar-refractivity contribution in [2.75, 3.05) is 0 Å². The average Bonchev–Trinajstić information content (AvgIpc) is 3.18. The van der Waals surface area contributed by atoms with Crippen LogP contribution in [0.3, 0.4) is 0 Å². The van der Waals surface area contributed by atoms with E-state index in [2.05, 4.69) is 34.2 Å². The molecule has 0 bridgehead atoms. The second-order valence-corrected chi connectivity index (χ2v) is 7.76. The highest BCUT2D eigenvalue weighted by Gasteiger charge is 2.21. The van der Waals surface area contributed by atoms with E-state index in [0.717, 1.165) is 28.2 Å². The molecule has 0 saturated heterocycles. The molecule has 29 heavy (non-hydrogen) atoms. The molecule has 0 aliphatic heterocycles. The standard InChI is InChI=1S/C23H19N5S/c1-17-7-5-6-10-21(17)28-22(19-11-13-25-14-12-19)26-27-23(28)29-20(16-24)15-18-8-3-2-4-9-18/h2-14,20H,15H2,1H3. The molecular weight excluding hydrogens is 378 g/mol. The molecule has 2 aromatic heterocycles. The molecule has 0 aliphatic rings. The molecule has 4 aromatic rings. The molecule has 0 aliphatic carbocycles. The topological polar surface area (TPSA) is 67.4 Å². The number of pyridine rings is 1. The zero-order valence-corrected chi connectivity index (χ0v) is 16.8. The summed E-state index contributed by atoms with van der Waals surface area (Å²) >= 11 is 1.44. The third kappa shape index (κ3) is 4.20. The summed E-state index contributed by atoms with van der Waals surface area (Å²) in [7, 11) is 0. The first-order valence-electron chi connectivity index (χ1n) is 9.28. The normalized spacial score (nSPS) is 11.7. The number of rotatable bonds is 6. The molecule has 0 amide bonds. The largest absolute Gasteiger partial charge is 0.270 e. The summed E-state index contributed by atoms with van der Waals surface area (Å²) in [6.45, 7) is 2.06. The van der Waals surface area contributed by atoms with Crippen molar-refractivity contribution in [1.82, 2.24) is 19.7 Å². The number of nitriles is 1. The number of benzene rings is 2. The lowest BCUT2D eigenvalue weighted by Gasteiger charge is -2.14. The Labute approximate surface area is 174 Å². The maximum absolute atomic E-state index is 9.75. The van der Waals surface area contributed by atoms with Gasteiger partial charge in [-0.2, -0.15) is 5.26 Å². The summed E-state index contributed by atoms with van der Waals surface area (Å²) in [5.41, 5.74) is 4.17. The van der Waals surface area contributed by atoms with Crippen LogP contribution in [-0.2, 0) is 6.42 Å². The van der Waals surface area contributed by atoms with Gasteiger partial charge in [0.15, 0.2) is 11.0 Å². The Morgan fingerprint density at radius 3 is 2.41 bits per heavy atom. The predicted octanol–water partition coefficient (Wildman–Crippen LogP) is 4.86. The van der Waals surface area contributed by atoms with Crippen LogP contribution < -0.4 is 0 Å². The molecule has 142 valence electrons. The minimum atomic E-state index is -0.269. The van der Waals surface area contributed by atoms with Gasteiger partial charge in [-0.25, -0.2) is 0 Å². The van der Waals surface area contributed by atoms with Gasteiger partial charge in [-0.05, 0) is 42.7 Å². The molecule has 0 saturated carbocycles. The second kappa shape index (κ2) is 8.72. The van der Waals surface area contributed by atoms with Crippen molar-refractivity contribution >= 4 is 11.8 Å². The molecule has 5 nitrogen and oxygen atoms in total. The maximum Gasteiger partial charge on any atom is 0.197 e. The summed E-state index contributed by atoms with van der Waals surface area (Å²) in [6, 6.07) is 24.4. The highest BCUT2D eigenvalue weighted by Crippen LogP contribution is 2.32. The van der Waals surface area contributed by atoms with E-state index in [0.29, 0.717) is 11.6 Å². The van der Waals surface area contributed by atoms with E-state index < -0.39 is 0 Å². The number of hydrogen-bond acceptors (Lipinski definition) is 5. The Hall–Kier alpha value is -3.43. The Bertz CT molecular complexity index is 1130. The van der Waals surface area contributed by atoms with Gasteiger partial charge >= 0.3 is 0 Å². The molecule has 2 aromatic carbocycles. The van der Waals surface area contributed by atoms with Crippen LogP contribution in [0.5, 0.6) is 0 Å². The summed E-state index contributed by atoms with van der Waals surface area (Å²) in [4.78, 5) is 4.10. The smallest absolute Gasteiger partial charge is 0.197 e. The highest BCUT2D eigenvalue weighted by atomic mass is 32.2. The fourth-order valence-electron chi connectivity index (χ4n) is 3.13. The van der Waals surface area contributed by atoms with Crippen LogP contribution in [0, 0.1) is 18.3 Å². The quantitative estimate of drug-likeness (QED) is 0.435. The Morgan fingerprint density at radius 1 is 0.966 bits per heavy atom. The second-order valence-electron chi connectivity index (χ2n) is 6.59. The minimum absolute atomic E-state index is 0.269. The summed E-state index contributed by atoms with van der Waals surface area (Å²) < 4.78 is 2.03. The van der Waals surface area contributed by atoms with Crippen LogP contribution >= 0.6 is 11.8 Å². The van der Waals surface area contributed by atoms with Crippen molar-refractivity contribution in [3.63, 3.8) is 0 Å². The molecular formula is C23H19N5S. The van der Waals surface area contributed by atoms with Crippen LogP contribution in [0.2, 0.25) is 0 Å². The molecule has 0 fully saturated rings. The monoisotopic (exact) mass is 397 g/mol. The van der Waals surface area contributed by atoms with Gasteiger partial charge in [0.25, 0.3) is 0 Å². The van der Waals surface area contributed by atoms with Gasteiger partial charge in [0.1, 0.15) is 5.25 Å². The zero-order valence-electron chi connectivity index (χ0n) is 15.9. The summed E-state index contributed by atoms with van der Waals surface area (Å²) in [5.74, 6) is 0.737. The molecule has 2 heterocycles. The Morgan fingerprint density at radius 2 is 1.69 bits per heavy atom. The van der Waals surface area contributed by atoms with Crippen LogP contribution in [0.4, 0.5) is 0 Å². The molecule has 1 atom stereocenters. The van der Waals surface area contributed by atoms with E-state index in [4.69, 9.17) is 0 Å². The van der Waals surface area contributed by atoms with Crippen LogP contribution in [0.1, 0.15) is 11.1 Å². The van der Waals surface area contributed by atoms with Gasteiger partial charge in [0.05, 0.1) is 11.8 Å². The Kier molecular flexibility index (Phi) is 5.68. The Balaban J connectivity index is 1.75.